The van der Waals surface area contributed by atoms with E-state index in [0.29, 0.717) is 42.8 Å². The molecule has 0 aliphatic rings. The van der Waals surface area contributed by atoms with Crippen LogP contribution in [0.2, 0.25) is 5.02 Å². The van der Waals surface area contributed by atoms with Crippen LogP contribution in [0.15, 0.2) is 66.7 Å². The molecular formula is C25H29Cl2NO3. The summed E-state index contributed by atoms with van der Waals surface area (Å²) < 4.78 is 11.8. The highest BCUT2D eigenvalue weighted by Gasteiger charge is 2.14. The van der Waals surface area contributed by atoms with Crippen LogP contribution in [0, 0.1) is 6.92 Å². The number of aliphatic hydroxyl groups excluding tert-OH is 1. The summed E-state index contributed by atoms with van der Waals surface area (Å²) in [7, 11) is 0. The van der Waals surface area contributed by atoms with E-state index in [1.54, 1.807) is 0 Å². The molecular weight excluding hydrogens is 433 g/mol. The van der Waals surface area contributed by atoms with E-state index in [1.807, 2.05) is 61.5 Å². The summed E-state index contributed by atoms with van der Waals surface area (Å²) in [6, 6.07) is 21.6. The van der Waals surface area contributed by atoms with Crippen molar-refractivity contribution in [2.24, 2.45) is 0 Å². The Morgan fingerprint density at radius 2 is 1.68 bits per heavy atom. The minimum Gasteiger partial charge on any atom is -0.490 e. The SMILES string of the molecule is CCOc1cc(CNCC(O)c2ccccc2)cc(Cl)c1OCc1ccc(C)cc1.Cl. The van der Waals surface area contributed by atoms with Gasteiger partial charge in [0.1, 0.15) is 6.61 Å². The van der Waals surface area contributed by atoms with Crippen molar-refractivity contribution in [2.75, 3.05) is 13.2 Å². The van der Waals surface area contributed by atoms with E-state index in [0.717, 1.165) is 16.7 Å². The van der Waals surface area contributed by atoms with Gasteiger partial charge < -0.3 is 19.9 Å². The summed E-state index contributed by atoms with van der Waals surface area (Å²) in [5, 5.41) is 14.1. The zero-order chi connectivity index (χ0) is 21.3. The standard InChI is InChI=1S/C25H28ClNO3.ClH/c1-3-29-24-14-20(15-27-16-23(28)21-7-5-4-6-8-21)13-22(26)25(24)30-17-19-11-9-18(2)10-12-19;/h4-14,23,27-28H,3,15-17H2,1-2H3;1H. The third kappa shape index (κ3) is 7.44. The Hall–Kier alpha value is -2.24. The quantitative estimate of drug-likeness (QED) is 0.396. The number of nitrogens with one attached hydrogen (secondary N) is 1. The lowest BCUT2D eigenvalue weighted by atomic mass is 10.1. The van der Waals surface area contributed by atoms with E-state index in [-0.39, 0.29) is 12.4 Å². The fraction of sp³-hybridized carbons (Fsp3) is 0.280. The van der Waals surface area contributed by atoms with Crippen LogP contribution in [-0.2, 0) is 13.2 Å². The van der Waals surface area contributed by atoms with Gasteiger partial charge in [-0.25, -0.2) is 0 Å². The van der Waals surface area contributed by atoms with Crippen molar-refractivity contribution in [2.45, 2.75) is 33.1 Å². The molecule has 3 aromatic carbocycles. The van der Waals surface area contributed by atoms with Gasteiger partial charge >= 0.3 is 0 Å². The average molecular weight is 462 g/mol. The van der Waals surface area contributed by atoms with Crippen LogP contribution in [0.25, 0.3) is 0 Å². The molecule has 0 fully saturated rings. The Balaban J connectivity index is 0.00000341. The zero-order valence-electron chi connectivity index (χ0n) is 17.8. The molecule has 0 aromatic heterocycles. The van der Waals surface area contributed by atoms with Crippen molar-refractivity contribution >= 4 is 24.0 Å². The van der Waals surface area contributed by atoms with Crippen molar-refractivity contribution in [1.29, 1.82) is 0 Å². The van der Waals surface area contributed by atoms with Crippen LogP contribution in [0.1, 0.15) is 35.3 Å². The zero-order valence-corrected chi connectivity index (χ0v) is 19.4. The van der Waals surface area contributed by atoms with Gasteiger partial charge in [0.05, 0.1) is 17.7 Å². The fourth-order valence-corrected chi connectivity index (χ4v) is 3.40. The van der Waals surface area contributed by atoms with E-state index in [9.17, 15) is 5.11 Å². The first-order valence-electron chi connectivity index (χ1n) is 10.1. The van der Waals surface area contributed by atoms with Crippen molar-refractivity contribution < 1.29 is 14.6 Å². The van der Waals surface area contributed by atoms with Crippen molar-refractivity contribution in [3.05, 3.63) is 94.0 Å². The number of benzene rings is 3. The normalized spacial score (nSPS) is 11.5. The molecule has 0 amide bonds. The molecule has 3 rings (SSSR count). The van der Waals surface area contributed by atoms with Crippen molar-refractivity contribution in [1.82, 2.24) is 5.32 Å². The molecule has 3 aromatic rings. The predicted octanol–water partition coefficient (Wildman–Crippen LogP) is 5.87. The van der Waals surface area contributed by atoms with Gasteiger partial charge in [-0.15, -0.1) is 12.4 Å². The monoisotopic (exact) mass is 461 g/mol. The maximum Gasteiger partial charge on any atom is 0.180 e. The summed E-state index contributed by atoms with van der Waals surface area (Å²) in [4.78, 5) is 0. The molecule has 0 aliphatic carbocycles. The second-order valence-electron chi connectivity index (χ2n) is 7.17. The van der Waals surface area contributed by atoms with Crippen LogP contribution in [0.3, 0.4) is 0 Å². The van der Waals surface area contributed by atoms with E-state index in [1.165, 1.54) is 5.56 Å². The molecule has 166 valence electrons. The average Bonchev–Trinajstić information content (AvgIpc) is 2.75. The summed E-state index contributed by atoms with van der Waals surface area (Å²) in [6.45, 7) is 5.92. The van der Waals surface area contributed by atoms with Crippen molar-refractivity contribution in [3.8, 4) is 11.5 Å². The lowest BCUT2D eigenvalue weighted by Crippen LogP contribution is -2.21. The number of rotatable bonds is 10. The van der Waals surface area contributed by atoms with Gasteiger partial charge in [-0.2, -0.15) is 0 Å². The molecule has 2 N–H and O–H groups in total. The molecule has 1 atom stereocenters. The topological polar surface area (TPSA) is 50.7 Å². The lowest BCUT2D eigenvalue weighted by Gasteiger charge is -2.16. The lowest BCUT2D eigenvalue weighted by molar-refractivity contribution is 0.174. The minimum absolute atomic E-state index is 0. The number of aliphatic hydroxyl groups is 1. The summed E-state index contributed by atoms with van der Waals surface area (Å²) in [6.07, 6.45) is -0.565. The number of halogens is 2. The number of aryl methyl sites for hydroxylation is 1. The Morgan fingerprint density at radius 3 is 2.35 bits per heavy atom. The first-order valence-corrected chi connectivity index (χ1v) is 10.5. The molecule has 1 unspecified atom stereocenters. The minimum atomic E-state index is -0.565. The Bertz CT molecular complexity index is 934. The molecule has 6 heteroatoms. The van der Waals surface area contributed by atoms with Gasteiger partial charge in [0.2, 0.25) is 0 Å². The van der Waals surface area contributed by atoms with E-state index < -0.39 is 6.10 Å². The number of ether oxygens (including phenoxy) is 2. The van der Waals surface area contributed by atoms with E-state index in [2.05, 4.69) is 24.4 Å². The molecule has 0 saturated carbocycles. The van der Waals surface area contributed by atoms with Gasteiger partial charge in [0, 0.05) is 13.1 Å². The van der Waals surface area contributed by atoms with E-state index in [4.69, 9.17) is 21.1 Å². The van der Waals surface area contributed by atoms with Crippen LogP contribution >= 0.6 is 24.0 Å². The summed E-state index contributed by atoms with van der Waals surface area (Å²) in [5.41, 5.74) is 4.13. The summed E-state index contributed by atoms with van der Waals surface area (Å²) >= 11 is 6.52. The molecule has 0 radical (unpaired) electrons. The molecule has 0 aliphatic heterocycles. The van der Waals surface area contributed by atoms with Gasteiger partial charge in [0.15, 0.2) is 11.5 Å². The number of hydrogen-bond acceptors (Lipinski definition) is 4. The highest BCUT2D eigenvalue weighted by Crippen LogP contribution is 2.37. The molecule has 0 saturated heterocycles. The fourth-order valence-electron chi connectivity index (χ4n) is 3.11. The first-order chi connectivity index (χ1) is 14.6. The molecule has 4 nitrogen and oxygen atoms in total. The highest BCUT2D eigenvalue weighted by atomic mass is 35.5. The second kappa shape index (κ2) is 12.6. The third-order valence-corrected chi connectivity index (χ3v) is 5.00. The highest BCUT2D eigenvalue weighted by molar-refractivity contribution is 6.32. The van der Waals surface area contributed by atoms with Gasteiger partial charge in [-0.05, 0) is 42.7 Å². The Labute approximate surface area is 195 Å². The van der Waals surface area contributed by atoms with Gasteiger partial charge in [-0.3, -0.25) is 0 Å². The summed E-state index contributed by atoms with van der Waals surface area (Å²) in [5.74, 6) is 1.17. The molecule has 0 spiro atoms. The first kappa shape index (κ1) is 25.0. The van der Waals surface area contributed by atoms with Crippen LogP contribution < -0.4 is 14.8 Å². The maximum absolute atomic E-state index is 10.3. The smallest absolute Gasteiger partial charge is 0.180 e. The third-order valence-electron chi connectivity index (χ3n) is 4.72. The molecule has 31 heavy (non-hydrogen) atoms. The molecule has 0 bridgehead atoms. The van der Waals surface area contributed by atoms with Crippen LogP contribution in [-0.4, -0.2) is 18.3 Å². The van der Waals surface area contributed by atoms with Gasteiger partial charge in [-0.1, -0.05) is 71.8 Å². The van der Waals surface area contributed by atoms with Crippen LogP contribution in [0.5, 0.6) is 11.5 Å². The second-order valence-corrected chi connectivity index (χ2v) is 7.58. The van der Waals surface area contributed by atoms with Gasteiger partial charge in [0.25, 0.3) is 0 Å². The van der Waals surface area contributed by atoms with Crippen molar-refractivity contribution in [3.63, 3.8) is 0 Å². The van der Waals surface area contributed by atoms with E-state index >= 15 is 0 Å². The Kier molecular flexibility index (Phi) is 10.2. The largest absolute Gasteiger partial charge is 0.490 e. The molecule has 0 heterocycles. The Morgan fingerprint density at radius 1 is 0.968 bits per heavy atom. The predicted molar refractivity (Wildman–Crippen MR) is 128 cm³/mol. The maximum atomic E-state index is 10.3. The number of hydrogen-bond donors (Lipinski definition) is 2. The van der Waals surface area contributed by atoms with Crippen LogP contribution in [0.4, 0.5) is 0 Å².